The van der Waals surface area contributed by atoms with Crippen LogP contribution in [-0.4, -0.2) is 43.6 Å². The van der Waals surface area contributed by atoms with E-state index in [4.69, 9.17) is 4.74 Å². The van der Waals surface area contributed by atoms with E-state index in [0.717, 1.165) is 11.4 Å². The van der Waals surface area contributed by atoms with Gasteiger partial charge in [-0.15, -0.1) is 5.10 Å². The summed E-state index contributed by atoms with van der Waals surface area (Å²) in [5.41, 5.74) is 0.697. The number of amides is 1. The van der Waals surface area contributed by atoms with E-state index in [2.05, 4.69) is 15.6 Å². The predicted octanol–water partition coefficient (Wildman–Crippen LogP) is 3.13. The maximum atomic E-state index is 12.8. The third-order valence-electron chi connectivity index (χ3n) is 4.78. The number of carbonyl (C=O) groups is 2. The van der Waals surface area contributed by atoms with Gasteiger partial charge in [0.05, 0.1) is 29.4 Å². The largest absolute Gasteiger partial charge is 0.491 e. The molecule has 0 saturated carbocycles. The molecule has 0 saturated heterocycles. The highest BCUT2D eigenvalue weighted by Crippen LogP contribution is 2.22. The van der Waals surface area contributed by atoms with Crippen LogP contribution in [0, 0.1) is 6.92 Å². The van der Waals surface area contributed by atoms with Crippen molar-refractivity contribution in [1.82, 2.24) is 20.3 Å². The molecule has 1 amide bonds. The van der Waals surface area contributed by atoms with Crippen molar-refractivity contribution in [3.8, 4) is 11.4 Å². The molecule has 1 heterocycles. The van der Waals surface area contributed by atoms with E-state index in [-0.39, 0.29) is 18.2 Å². The molecule has 2 rings (SSSR count). The number of rotatable bonds is 9. The lowest BCUT2D eigenvalue weighted by molar-refractivity contribution is -0.138. The van der Waals surface area contributed by atoms with Gasteiger partial charge in [0.15, 0.2) is 5.69 Å². The molecular formula is C20H28N4O4. The van der Waals surface area contributed by atoms with Crippen LogP contribution >= 0.6 is 0 Å². The molecule has 8 heteroatoms. The molecule has 28 heavy (non-hydrogen) atoms. The van der Waals surface area contributed by atoms with Gasteiger partial charge in [-0.05, 0) is 57.9 Å². The molecule has 0 radical (unpaired) electrons. The Bertz CT molecular complexity index is 823. The second kappa shape index (κ2) is 8.86. The lowest BCUT2D eigenvalue weighted by Crippen LogP contribution is -2.49. The van der Waals surface area contributed by atoms with Gasteiger partial charge in [-0.2, -0.15) is 0 Å². The number of carbonyl (C=O) groups excluding carboxylic acids is 1. The van der Waals surface area contributed by atoms with E-state index < -0.39 is 17.4 Å². The van der Waals surface area contributed by atoms with Gasteiger partial charge in [0, 0.05) is 0 Å². The number of nitrogens with zero attached hydrogens (tertiary/aromatic N) is 3. The highest BCUT2D eigenvalue weighted by molar-refractivity contribution is 5.94. The lowest BCUT2D eigenvalue weighted by Gasteiger charge is -2.31. The summed E-state index contributed by atoms with van der Waals surface area (Å²) in [6.45, 7) is 9.38. The van der Waals surface area contributed by atoms with Crippen LogP contribution < -0.4 is 10.1 Å². The van der Waals surface area contributed by atoms with E-state index in [1.54, 1.807) is 11.6 Å². The van der Waals surface area contributed by atoms with Crippen molar-refractivity contribution in [3.63, 3.8) is 0 Å². The third kappa shape index (κ3) is 4.88. The highest BCUT2D eigenvalue weighted by Gasteiger charge is 2.32. The molecule has 1 aromatic heterocycles. The molecule has 152 valence electrons. The van der Waals surface area contributed by atoms with E-state index in [1.807, 2.05) is 52.0 Å². The topological polar surface area (TPSA) is 106 Å². The van der Waals surface area contributed by atoms with Crippen LogP contribution in [0.5, 0.6) is 5.75 Å². The number of benzene rings is 1. The third-order valence-corrected chi connectivity index (χ3v) is 4.78. The molecule has 0 atom stereocenters. The van der Waals surface area contributed by atoms with Crippen molar-refractivity contribution in [2.24, 2.45) is 0 Å². The standard InChI is InChI=1S/C20H28N4O4/c1-6-20(7-2,12-17(25)26)21-19(27)18-14(5)24(23-22-18)15-8-10-16(11-9-15)28-13(3)4/h8-11,13H,6-7,12H2,1-5H3,(H,21,27)(H,25,26). The number of aromatic nitrogens is 3. The van der Waals surface area contributed by atoms with Crippen LogP contribution in [0.2, 0.25) is 0 Å². The average Bonchev–Trinajstić information content (AvgIpc) is 3.02. The van der Waals surface area contributed by atoms with E-state index in [0.29, 0.717) is 18.5 Å². The zero-order chi connectivity index (χ0) is 20.9. The smallest absolute Gasteiger partial charge is 0.305 e. The quantitative estimate of drug-likeness (QED) is 0.683. The minimum Gasteiger partial charge on any atom is -0.491 e. The highest BCUT2D eigenvalue weighted by atomic mass is 16.5. The van der Waals surface area contributed by atoms with Gasteiger partial charge in [0.2, 0.25) is 0 Å². The fraction of sp³-hybridized carbons (Fsp3) is 0.500. The number of aliphatic carboxylic acids is 1. The second-order valence-corrected chi connectivity index (χ2v) is 7.11. The Hall–Kier alpha value is -2.90. The van der Waals surface area contributed by atoms with Crippen molar-refractivity contribution >= 4 is 11.9 Å². The summed E-state index contributed by atoms with van der Waals surface area (Å²) in [6, 6.07) is 7.35. The van der Waals surface area contributed by atoms with Crippen molar-refractivity contribution in [1.29, 1.82) is 0 Å². The molecule has 2 N–H and O–H groups in total. The first-order chi connectivity index (χ1) is 13.2. The zero-order valence-corrected chi connectivity index (χ0v) is 17.0. The maximum Gasteiger partial charge on any atom is 0.305 e. The van der Waals surface area contributed by atoms with Gasteiger partial charge < -0.3 is 15.2 Å². The van der Waals surface area contributed by atoms with Crippen molar-refractivity contribution < 1.29 is 19.4 Å². The predicted molar refractivity (Wildman–Crippen MR) is 105 cm³/mol. The van der Waals surface area contributed by atoms with Crippen LogP contribution in [0.15, 0.2) is 24.3 Å². The number of carboxylic acid groups (broad SMARTS) is 1. The minimum atomic E-state index is -0.951. The van der Waals surface area contributed by atoms with Crippen LogP contribution in [0.3, 0.4) is 0 Å². The molecule has 0 aliphatic heterocycles. The molecule has 0 unspecified atom stereocenters. The Kier molecular flexibility index (Phi) is 6.77. The first-order valence-corrected chi connectivity index (χ1v) is 9.45. The van der Waals surface area contributed by atoms with Crippen molar-refractivity contribution in [3.05, 3.63) is 35.7 Å². The molecule has 8 nitrogen and oxygen atoms in total. The van der Waals surface area contributed by atoms with E-state index in [9.17, 15) is 14.7 Å². The van der Waals surface area contributed by atoms with Gasteiger partial charge in [0.1, 0.15) is 5.75 Å². The van der Waals surface area contributed by atoms with Gasteiger partial charge in [0.25, 0.3) is 5.91 Å². The monoisotopic (exact) mass is 388 g/mol. The Morgan fingerprint density at radius 2 is 1.82 bits per heavy atom. The summed E-state index contributed by atoms with van der Waals surface area (Å²) < 4.78 is 7.21. The fourth-order valence-electron chi connectivity index (χ4n) is 3.03. The normalized spacial score (nSPS) is 11.5. The summed E-state index contributed by atoms with van der Waals surface area (Å²) in [6.07, 6.45) is 0.950. The van der Waals surface area contributed by atoms with Crippen LogP contribution in [0.4, 0.5) is 0 Å². The molecule has 0 spiro atoms. The van der Waals surface area contributed by atoms with Gasteiger partial charge in [-0.25, -0.2) is 4.68 Å². The summed E-state index contributed by atoms with van der Waals surface area (Å²) in [5.74, 6) is -0.625. The zero-order valence-electron chi connectivity index (χ0n) is 17.0. The average molecular weight is 388 g/mol. The Morgan fingerprint density at radius 1 is 1.21 bits per heavy atom. The number of carboxylic acids is 1. The molecule has 2 aromatic rings. The lowest BCUT2D eigenvalue weighted by atomic mass is 9.88. The van der Waals surface area contributed by atoms with Gasteiger partial charge >= 0.3 is 5.97 Å². The first kappa shape index (κ1) is 21.4. The van der Waals surface area contributed by atoms with Crippen LogP contribution in [-0.2, 0) is 4.79 Å². The van der Waals surface area contributed by atoms with Crippen LogP contribution in [0.25, 0.3) is 5.69 Å². The molecular weight excluding hydrogens is 360 g/mol. The fourth-order valence-corrected chi connectivity index (χ4v) is 3.03. The Morgan fingerprint density at radius 3 is 2.32 bits per heavy atom. The number of hydrogen-bond donors (Lipinski definition) is 2. The number of ether oxygens (including phenoxy) is 1. The number of hydrogen-bond acceptors (Lipinski definition) is 5. The van der Waals surface area contributed by atoms with Crippen LogP contribution in [0.1, 0.15) is 63.1 Å². The maximum absolute atomic E-state index is 12.8. The molecule has 0 aliphatic rings. The van der Waals surface area contributed by atoms with Crippen molar-refractivity contribution in [2.75, 3.05) is 0 Å². The summed E-state index contributed by atoms with van der Waals surface area (Å²) >= 11 is 0. The number of nitrogens with one attached hydrogen (secondary N) is 1. The van der Waals surface area contributed by atoms with Crippen molar-refractivity contribution in [2.45, 2.75) is 65.5 Å². The second-order valence-electron chi connectivity index (χ2n) is 7.11. The molecule has 0 aliphatic carbocycles. The van der Waals surface area contributed by atoms with Gasteiger partial charge in [-0.1, -0.05) is 19.1 Å². The Balaban J connectivity index is 2.24. The molecule has 0 bridgehead atoms. The van der Waals surface area contributed by atoms with E-state index in [1.165, 1.54) is 0 Å². The summed E-state index contributed by atoms with van der Waals surface area (Å²) in [5, 5.41) is 20.1. The summed E-state index contributed by atoms with van der Waals surface area (Å²) in [7, 11) is 0. The first-order valence-electron chi connectivity index (χ1n) is 9.45. The molecule has 0 fully saturated rings. The Labute approximate surface area is 164 Å². The minimum absolute atomic E-state index is 0.0810. The van der Waals surface area contributed by atoms with E-state index >= 15 is 0 Å². The summed E-state index contributed by atoms with van der Waals surface area (Å²) in [4.78, 5) is 24.0. The SMILES string of the molecule is CCC(CC)(CC(=O)O)NC(=O)c1nnn(-c2ccc(OC(C)C)cc2)c1C. The molecule has 1 aromatic carbocycles. The van der Waals surface area contributed by atoms with Gasteiger partial charge in [-0.3, -0.25) is 9.59 Å².